The summed E-state index contributed by atoms with van der Waals surface area (Å²) in [5.41, 5.74) is 2.86. The molecule has 0 saturated carbocycles. The molecular formula is C22H23ClN4O3. The van der Waals surface area contributed by atoms with Gasteiger partial charge in [-0.05, 0) is 50.5 Å². The van der Waals surface area contributed by atoms with Crippen LogP contribution in [0.2, 0.25) is 5.02 Å². The maximum Gasteiger partial charge on any atom is 0.359 e. The van der Waals surface area contributed by atoms with Gasteiger partial charge in [0.2, 0.25) is 0 Å². The fraction of sp³-hybridized carbons (Fsp3) is 0.273. The Balaban J connectivity index is 1.51. The second-order valence-corrected chi connectivity index (χ2v) is 7.26. The number of carbonyl (C=O) groups is 2. The minimum Gasteiger partial charge on any atom is -0.451 e. The number of benzene rings is 1. The molecule has 156 valence electrons. The Bertz CT molecular complexity index is 1030. The fourth-order valence-corrected chi connectivity index (χ4v) is 3.15. The molecule has 0 fully saturated rings. The van der Waals surface area contributed by atoms with E-state index in [9.17, 15) is 9.59 Å². The summed E-state index contributed by atoms with van der Waals surface area (Å²) in [5, 5.41) is 7.23. The molecule has 0 bridgehead atoms. The molecule has 0 atom stereocenters. The predicted octanol–water partition coefficient (Wildman–Crippen LogP) is 3.44. The van der Waals surface area contributed by atoms with Crippen LogP contribution in [0.4, 0.5) is 0 Å². The minimum atomic E-state index is -0.761. The maximum absolute atomic E-state index is 12.4. The smallest absolute Gasteiger partial charge is 0.359 e. The number of ether oxygens (including phenoxy) is 1. The van der Waals surface area contributed by atoms with Crippen molar-refractivity contribution in [3.05, 3.63) is 76.2 Å². The van der Waals surface area contributed by atoms with Crippen molar-refractivity contribution in [2.75, 3.05) is 13.2 Å². The van der Waals surface area contributed by atoms with E-state index in [2.05, 4.69) is 15.4 Å². The van der Waals surface area contributed by atoms with Gasteiger partial charge in [0.25, 0.3) is 5.91 Å². The van der Waals surface area contributed by atoms with Crippen LogP contribution in [0.25, 0.3) is 5.82 Å². The van der Waals surface area contributed by atoms with Crippen molar-refractivity contribution in [1.29, 1.82) is 0 Å². The van der Waals surface area contributed by atoms with Crippen molar-refractivity contribution in [2.24, 2.45) is 0 Å². The molecule has 1 N–H and O–H groups in total. The van der Waals surface area contributed by atoms with Crippen molar-refractivity contribution < 1.29 is 14.3 Å². The van der Waals surface area contributed by atoms with Crippen molar-refractivity contribution in [3.63, 3.8) is 0 Å². The molecule has 3 aromatic rings. The zero-order valence-electron chi connectivity index (χ0n) is 16.9. The summed E-state index contributed by atoms with van der Waals surface area (Å²) in [6.07, 6.45) is 1.65. The Morgan fingerprint density at radius 1 is 1.13 bits per heavy atom. The van der Waals surface area contributed by atoms with Crippen molar-refractivity contribution >= 4 is 23.5 Å². The van der Waals surface area contributed by atoms with Gasteiger partial charge in [0.05, 0.1) is 10.7 Å². The lowest BCUT2D eigenvalue weighted by Crippen LogP contribution is -2.30. The highest BCUT2D eigenvalue weighted by Gasteiger charge is 2.18. The molecule has 0 radical (unpaired) electrons. The minimum absolute atomic E-state index is 0.0569. The van der Waals surface area contributed by atoms with E-state index in [4.69, 9.17) is 16.3 Å². The molecule has 0 saturated heterocycles. The van der Waals surface area contributed by atoms with E-state index in [1.807, 2.05) is 50.2 Å². The van der Waals surface area contributed by atoms with E-state index in [1.54, 1.807) is 16.8 Å². The van der Waals surface area contributed by atoms with Crippen LogP contribution in [0.15, 0.2) is 48.5 Å². The first-order valence-corrected chi connectivity index (χ1v) is 10.00. The van der Waals surface area contributed by atoms with Crippen LogP contribution < -0.4 is 5.32 Å². The number of carbonyl (C=O) groups excluding carboxylic acids is 2. The first kappa shape index (κ1) is 21.5. The second-order valence-electron chi connectivity index (χ2n) is 6.85. The zero-order chi connectivity index (χ0) is 21.5. The lowest BCUT2D eigenvalue weighted by molar-refractivity contribution is -0.124. The molecule has 0 aliphatic heterocycles. The average Bonchev–Trinajstić information content (AvgIpc) is 3.08. The molecule has 0 unspecified atom stereocenters. The van der Waals surface area contributed by atoms with Crippen LogP contribution in [0, 0.1) is 13.8 Å². The molecule has 0 aliphatic carbocycles. The largest absolute Gasteiger partial charge is 0.451 e. The first-order valence-electron chi connectivity index (χ1n) is 9.62. The topological polar surface area (TPSA) is 86.1 Å². The number of rotatable bonds is 8. The van der Waals surface area contributed by atoms with Crippen LogP contribution in [-0.2, 0) is 16.0 Å². The molecule has 8 heteroatoms. The van der Waals surface area contributed by atoms with Crippen LogP contribution in [0.3, 0.4) is 0 Å². The summed E-state index contributed by atoms with van der Waals surface area (Å²) in [7, 11) is 0. The highest BCUT2D eigenvalue weighted by molar-refractivity contribution is 6.33. The maximum atomic E-state index is 12.4. The van der Waals surface area contributed by atoms with E-state index in [0.717, 1.165) is 24.2 Å². The number of aryl methyl sites for hydroxylation is 3. The SMILES string of the molecule is Cc1cc(C)n(-c2ccc(Cl)c(C(=O)OCC(=O)NCCCc3ccccc3)n2)n1. The molecule has 0 aliphatic rings. The molecule has 0 spiro atoms. The van der Waals surface area contributed by atoms with E-state index >= 15 is 0 Å². The molecule has 3 rings (SSSR count). The lowest BCUT2D eigenvalue weighted by Gasteiger charge is -2.09. The monoisotopic (exact) mass is 426 g/mol. The molecule has 2 heterocycles. The number of amides is 1. The number of esters is 1. The van der Waals surface area contributed by atoms with Gasteiger partial charge in [-0.15, -0.1) is 0 Å². The summed E-state index contributed by atoms with van der Waals surface area (Å²) in [6.45, 7) is 3.85. The zero-order valence-corrected chi connectivity index (χ0v) is 17.6. The third-order valence-corrected chi connectivity index (χ3v) is 4.70. The summed E-state index contributed by atoms with van der Waals surface area (Å²) in [6, 6.07) is 15.1. The van der Waals surface area contributed by atoms with Gasteiger partial charge in [-0.3, -0.25) is 4.79 Å². The van der Waals surface area contributed by atoms with Crippen molar-refractivity contribution in [2.45, 2.75) is 26.7 Å². The Kier molecular flexibility index (Phi) is 7.19. The number of pyridine rings is 1. The van der Waals surface area contributed by atoms with E-state index in [-0.39, 0.29) is 16.6 Å². The number of hydrogen-bond acceptors (Lipinski definition) is 5. The van der Waals surface area contributed by atoms with Gasteiger partial charge in [0, 0.05) is 12.2 Å². The molecule has 30 heavy (non-hydrogen) atoms. The number of hydrogen-bond donors (Lipinski definition) is 1. The Morgan fingerprint density at radius 2 is 1.90 bits per heavy atom. The number of halogens is 1. The summed E-state index contributed by atoms with van der Waals surface area (Å²) < 4.78 is 6.70. The predicted molar refractivity (Wildman–Crippen MR) is 114 cm³/mol. The number of nitrogens with zero attached hydrogens (tertiary/aromatic N) is 3. The number of nitrogens with one attached hydrogen (secondary N) is 1. The van der Waals surface area contributed by atoms with Crippen molar-refractivity contribution in [3.8, 4) is 5.82 Å². The van der Waals surface area contributed by atoms with Gasteiger partial charge in [0.1, 0.15) is 0 Å². The highest BCUT2D eigenvalue weighted by Crippen LogP contribution is 2.18. The number of aromatic nitrogens is 3. The molecule has 2 aromatic heterocycles. The quantitative estimate of drug-likeness (QED) is 0.440. The lowest BCUT2D eigenvalue weighted by atomic mass is 10.1. The van der Waals surface area contributed by atoms with Crippen LogP contribution >= 0.6 is 11.6 Å². The fourth-order valence-electron chi connectivity index (χ4n) is 2.97. The van der Waals surface area contributed by atoms with Crippen molar-refractivity contribution in [1.82, 2.24) is 20.1 Å². The van der Waals surface area contributed by atoms with E-state index in [0.29, 0.717) is 12.4 Å². The normalized spacial score (nSPS) is 10.6. The molecule has 1 amide bonds. The van der Waals surface area contributed by atoms with E-state index in [1.165, 1.54) is 5.56 Å². The summed E-state index contributed by atoms with van der Waals surface area (Å²) in [4.78, 5) is 28.6. The molecular weight excluding hydrogens is 404 g/mol. The average molecular weight is 427 g/mol. The first-order chi connectivity index (χ1) is 14.4. The van der Waals surface area contributed by atoms with Gasteiger partial charge in [-0.25, -0.2) is 14.5 Å². The van der Waals surface area contributed by atoms with Gasteiger partial charge in [0.15, 0.2) is 18.1 Å². The Hall–Kier alpha value is -3.19. The second kappa shape index (κ2) is 10.0. The van der Waals surface area contributed by atoms with Crippen LogP contribution in [-0.4, -0.2) is 39.8 Å². The Morgan fingerprint density at radius 3 is 2.60 bits per heavy atom. The summed E-state index contributed by atoms with van der Waals surface area (Å²) >= 11 is 6.11. The summed E-state index contributed by atoms with van der Waals surface area (Å²) in [5.74, 6) is -0.688. The van der Waals surface area contributed by atoms with Gasteiger partial charge < -0.3 is 10.1 Å². The van der Waals surface area contributed by atoms with Gasteiger partial charge in [-0.2, -0.15) is 5.10 Å². The third kappa shape index (κ3) is 5.67. The molecule has 1 aromatic carbocycles. The standard InChI is InChI=1S/C22H23ClN4O3/c1-15-13-16(2)27(26-15)19-11-10-18(23)21(25-19)22(29)30-14-20(28)24-12-6-9-17-7-4-3-5-8-17/h3-5,7-8,10-11,13H,6,9,12,14H2,1-2H3,(H,24,28). The van der Waals surface area contributed by atoms with Gasteiger partial charge >= 0.3 is 5.97 Å². The van der Waals surface area contributed by atoms with E-state index < -0.39 is 12.6 Å². The Labute approximate surface area is 180 Å². The van der Waals surface area contributed by atoms with Crippen LogP contribution in [0.1, 0.15) is 33.9 Å². The van der Waals surface area contributed by atoms with Crippen LogP contribution in [0.5, 0.6) is 0 Å². The highest BCUT2D eigenvalue weighted by atomic mass is 35.5. The van der Waals surface area contributed by atoms with Gasteiger partial charge in [-0.1, -0.05) is 41.9 Å². The molecule has 7 nitrogen and oxygen atoms in total. The third-order valence-electron chi connectivity index (χ3n) is 4.39.